The summed E-state index contributed by atoms with van der Waals surface area (Å²) in [4.78, 5) is 7.66. The molecule has 0 fully saturated rings. The van der Waals surface area contributed by atoms with Gasteiger partial charge >= 0.3 is 0 Å². The Morgan fingerprint density at radius 2 is 1.87 bits per heavy atom. The first kappa shape index (κ1) is 22.4. The van der Waals surface area contributed by atoms with Crippen LogP contribution >= 0.6 is 0 Å². The van der Waals surface area contributed by atoms with Gasteiger partial charge in [-0.05, 0) is 32.4 Å². The average molecular weight is 415 g/mol. The summed E-state index contributed by atoms with van der Waals surface area (Å²) in [7, 11) is 0. The number of rotatable bonds is 9. The van der Waals surface area contributed by atoms with Crippen molar-refractivity contribution in [3.63, 3.8) is 0 Å². The Labute approximate surface area is 178 Å². The van der Waals surface area contributed by atoms with Crippen LogP contribution in [0, 0.1) is 5.82 Å². The lowest BCUT2D eigenvalue weighted by Gasteiger charge is -2.28. The van der Waals surface area contributed by atoms with Gasteiger partial charge in [0.1, 0.15) is 11.9 Å². The van der Waals surface area contributed by atoms with Gasteiger partial charge in [-0.3, -0.25) is 4.90 Å². The fourth-order valence-electron chi connectivity index (χ4n) is 3.38. The van der Waals surface area contributed by atoms with Gasteiger partial charge in [0.05, 0.1) is 24.0 Å². The second kappa shape index (κ2) is 10.2. The molecule has 2 aromatic rings. The molecule has 2 atom stereocenters. The topological polar surface area (TPSA) is 54.3 Å². The van der Waals surface area contributed by atoms with Gasteiger partial charge in [-0.25, -0.2) is 4.39 Å². The first-order valence-corrected chi connectivity index (χ1v) is 10.4. The lowest BCUT2D eigenvalue weighted by atomic mass is 10.0. The van der Waals surface area contributed by atoms with Crippen molar-refractivity contribution in [2.75, 3.05) is 19.7 Å². The molecule has 6 heteroatoms. The molecule has 0 saturated carbocycles. The van der Waals surface area contributed by atoms with E-state index < -0.39 is 6.10 Å². The molecule has 2 aromatic carbocycles. The summed E-state index contributed by atoms with van der Waals surface area (Å²) in [6.07, 6.45) is -0.165. The van der Waals surface area contributed by atoms with Crippen molar-refractivity contribution in [3.8, 4) is 0 Å². The number of ether oxygens (including phenoxy) is 1. The molecule has 162 valence electrons. The Hall–Kier alpha value is -2.28. The van der Waals surface area contributed by atoms with Crippen LogP contribution in [0.15, 0.2) is 59.8 Å². The normalized spacial score (nSPS) is 17.7. The summed E-state index contributed by atoms with van der Waals surface area (Å²) in [6, 6.07) is 16.6. The molecule has 30 heavy (non-hydrogen) atoms. The van der Waals surface area contributed by atoms with Crippen LogP contribution in [-0.4, -0.2) is 53.2 Å². The standard InChI is InChI=1S/C24H31FN2O3/c1-24(2,3)29-17-20(28)15-27(14-19-11-7-8-12-22(19)25)16-21-13-23(26-30-21)18-9-5-4-6-10-18/h4-12,20-21,28H,13-17H2,1-3H3. The Balaban J connectivity index is 1.63. The van der Waals surface area contributed by atoms with Crippen LogP contribution in [-0.2, 0) is 16.1 Å². The Morgan fingerprint density at radius 1 is 1.17 bits per heavy atom. The number of benzene rings is 2. The quantitative estimate of drug-likeness (QED) is 0.674. The summed E-state index contributed by atoms with van der Waals surface area (Å²) in [5.41, 5.74) is 2.20. The van der Waals surface area contributed by atoms with Crippen LogP contribution in [0.1, 0.15) is 38.3 Å². The minimum Gasteiger partial charge on any atom is -0.390 e. The first-order chi connectivity index (χ1) is 14.3. The molecular weight excluding hydrogens is 383 g/mol. The second-order valence-corrected chi connectivity index (χ2v) is 8.70. The highest BCUT2D eigenvalue weighted by atomic mass is 19.1. The Kier molecular flexibility index (Phi) is 7.58. The molecule has 0 bridgehead atoms. The van der Waals surface area contributed by atoms with Crippen molar-refractivity contribution >= 4 is 5.71 Å². The predicted molar refractivity (Wildman–Crippen MR) is 116 cm³/mol. The number of oxime groups is 1. The number of halogens is 1. The maximum absolute atomic E-state index is 14.2. The minimum atomic E-state index is -0.688. The van der Waals surface area contributed by atoms with Gasteiger partial charge < -0.3 is 14.7 Å². The monoisotopic (exact) mass is 414 g/mol. The Bertz CT molecular complexity index is 836. The van der Waals surface area contributed by atoms with Gasteiger partial charge in [-0.2, -0.15) is 0 Å². The highest BCUT2D eigenvalue weighted by Gasteiger charge is 2.26. The molecule has 1 heterocycles. The van der Waals surface area contributed by atoms with Crippen LogP contribution in [0.4, 0.5) is 4.39 Å². The third kappa shape index (κ3) is 6.90. The van der Waals surface area contributed by atoms with Crippen molar-refractivity contribution < 1.29 is 19.1 Å². The van der Waals surface area contributed by atoms with Crippen LogP contribution in [0.2, 0.25) is 0 Å². The zero-order valence-electron chi connectivity index (χ0n) is 17.9. The zero-order chi connectivity index (χ0) is 21.6. The smallest absolute Gasteiger partial charge is 0.145 e. The van der Waals surface area contributed by atoms with Crippen LogP contribution < -0.4 is 0 Å². The van der Waals surface area contributed by atoms with E-state index in [2.05, 4.69) is 5.16 Å². The largest absolute Gasteiger partial charge is 0.390 e. The zero-order valence-corrected chi connectivity index (χ0v) is 17.9. The summed E-state index contributed by atoms with van der Waals surface area (Å²) >= 11 is 0. The molecule has 0 amide bonds. The molecule has 3 rings (SSSR count). The molecule has 0 aromatic heterocycles. The van der Waals surface area contributed by atoms with Crippen LogP contribution in [0.25, 0.3) is 0 Å². The molecule has 1 aliphatic rings. The van der Waals surface area contributed by atoms with E-state index in [0.717, 1.165) is 11.3 Å². The number of nitrogens with zero attached hydrogens (tertiary/aromatic N) is 2. The molecule has 2 unspecified atom stereocenters. The maximum atomic E-state index is 14.2. The fourth-order valence-corrected chi connectivity index (χ4v) is 3.38. The minimum absolute atomic E-state index is 0.150. The molecule has 0 aliphatic carbocycles. The fraction of sp³-hybridized carbons (Fsp3) is 0.458. The average Bonchev–Trinajstić information content (AvgIpc) is 3.17. The van der Waals surface area contributed by atoms with Crippen molar-refractivity contribution in [2.24, 2.45) is 5.16 Å². The molecule has 5 nitrogen and oxygen atoms in total. The lowest BCUT2D eigenvalue weighted by Crippen LogP contribution is -2.40. The van der Waals surface area contributed by atoms with E-state index in [4.69, 9.17) is 9.57 Å². The molecule has 1 aliphatic heterocycles. The van der Waals surface area contributed by atoms with Gasteiger partial charge in [0.25, 0.3) is 0 Å². The van der Waals surface area contributed by atoms with E-state index in [1.54, 1.807) is 12.1 Å². The highest BCUT2D eigenvalue weighted by Crippen LogP contribution is 2.19. The van der Waals surface area contributed by atoms with Crippen molar-refractivity contribution in [3.05, 3.63) is 71.5 Å². The van der Waals surface area contributed by atoms with Gasteiger partial charge in [-0.1, -0.05) is 53.7 Å². The summed E-state index contributed by atoms with van der Waals surface area (Å²) in [5, 5.41) is 14.7. The third-order valence-electron chi connectivity index (χ3n) is 4.83. The second-order valence-electron chi connectivity index (χ2n) is 8.70. The summed E-state index contributed by atoms with van der Waals surface area (Å²) in [6.45, 7) is 7.32. The maximum Gasteiger partial charge on any atom is 0.145 e. The highest BCUT2D eigenvalue weighted by molar-refractivity contribution is 6.01. The van der Waals surface area contributed by atoms with E-state index in [-0.39, 0.29) is 24.1 Å². The number of hydrogen-bond donors (Lipinski definition) is 1. The summed E-state index contributed by atoms with van der Waals surface area (Å²) < 4.78 is 19.9. The molecule has 0 spiro atoms. The van der Waals surface area contributed by atoms with E-state index in [1.807, 2.05) is 62.1 Å². The van der Waals surface area contributed by atoms with Crippen LogP contribution in [0.5, 0.6) is 0 Å². The molecule has 0 saturated heterocycles. The van der Waals surface area contributed by atoms with Gasteiger partial charge in [0, 0.05) is 31.6 Å². The van der Waals surface area contributed by atoms with E-state index in [9.17, 15) is 9.50 Å². The molecular formula is C24H31FN2O3. The van der Waals surface area contributed by atoms with Crippen molar-refractivity contribution in [1.29, 1.82) is 0 Å². The lowest BCUT2D eigenvalue weighted by molar-refractivity contribution is -0.0601. The van der Waals surface area contributed by atoms with E-state index in [1.165, 1.54) is 6.07 Å². The van der Waals surface area contributed by atoms with Gasteiger partial charge in [0.2, 0.25) is 0 Å². The van der Waals surface area contributed by atoms with Gasteiger partial charge in [-0.15, -0.1) is 0 Å². The SMILES string of the molecule is CC(C)(C)OCC(O)CN(Cc1ccccc1F)CC1CC(c2ccccc2)=NO1. The number of aliphatic hydroxyl groups excluding tert-OH is 1. The molecule has 1 N–H and O–H groups in total. The van der Waals surface area contributed by atoms with Crippen LogP contribution in [0.3, 0.4) is 0 Å². The predicted octanol–water partition coefficient (Wildman–Crippen LogP) is 4.00. The van der Waals surface area contributed by atoms with Crippen molar-refractivity contribution in [1.82, 2.24) is 4.90 Å². The van der Waals surface area contributed by atoms with E-state index in [0.29, 0.717) is 31.6 Å². The summed E-state index contributed by atoms with van der Waals surface area (Å²) in [5.74, 6) is -0.253. The van der Waals surface area contributed by atoms with E-state index >= 15 is 0 Å². The Morgan fingerprint density at radius 3 is 2.57 bits per heavy atom. The third-order valence-corrected chi connectivity index (χ3v) is 4.83. The molecule has 0 radical (unpaired) electrons. The number of aliphatic hydroxyl groups is 1. The first-order valence-electron chi connectivity index (χ1n) is 10.4. The number of hydrogen-bond acceptors (Lipinski definition) is 5. The van der Waals surface area contributed by atoms with Crippen molar-refractivity contribution in [2.45, 2.75) is 51.5 Å². The van der Waals surface area contributed by atoms with Gasteiger partial charge in [0.15, 0.2) is 0 Å².